The van der Waals surface area contributed by atoms with Gasteiger partial charge in [-0.25, -0.2) is 0 Å². The van der Waals surface area contributed by atoms with Crippen molar-refractivity contribution in [1.29, 1.82) is 0 Å². The highest BCUT2D eigenvalue weighted by Gasteiger charge is 2.32. The Labute approximate surface area is 113 Å². The summed E-state index contributed by atoms with van der Waals surface area (Å²) >= 11 is 0. The highest BCUT2D eigenvalue weighted by atomic mass is 19.4. The van der Waals surface area contributed by atoms with Crippen LogP contribution in [-0.4, -0.2) is 26.5 Å². The Morgan fingerprint density at radius 1 is 1.25 bits per heavy atom. The quantitative estimate of drug-likeness (QED) is 0.935. The van der Waals surface area contributed by atoms with Gasteiger partial charge in [-0.1, -0.05) is 0 Å². The molecule has 0 amide bonds. The van der Waals surface area contributed by atoms with Crippen LogP contribution >= 0.6 is 0 Å². The van der Waals surface area contributed by atoms with Gasteiger partial charge in [-0.05, 0) is 31.0 Å². The molecule has 8 heteroatoms. The summed E-state index contributed by atoms with van der Waals surface area (Å²) in [6.45, 7) is 2.51. The number of anilines is 1. The van der Waals surface area contributed by atoms with E-state index in [1.54, 1.807) is 10.9 Å². The Morgan fingerprint density at radius 3 is 2.50 bits per heavy atom. The molecule has 0 bridgehead atoms. The van der Waals surface area contributed by atoms with Crippen molar-refractivity contribution in [3.8, 4) is 0 Å². The summed E-state index contributed by atoms with van der Waals surface area (Å²) in [6.07, 6.45) is -1.98. The Morgan fingerprint density at radius 2 is 2.00 bits per heavy atom. The lowest BCUT2D eigenvalue weighted by atomic mass is 10.2. The zero-order valence-electron chi connectivity index (χ0n) is 11.1. The monoisotopic (exact) mass is 285 g/mol. The number of halogens is 3. The molecule has 0 aliphatic heterocycles. The molecule has 0 spiro atoms. The number of aromatic nitrogens is 4. The maximum atomic E-state index is 12.3. The van der Waals surface area contributed by atoms with Gasteiger partial charge < -0.3 is 5.32 Å². The zero-order valence-corrected chi connectivity index (χ0v) is 11.1. The minimum absolute atomic E-state index is 0.319. The predicted molar refractivity (Wildman–Crippen MR) is 67.2 cm³/mol. The lowest BCUT2D eigenvalue weighted by Gasteiger charge is -2.07. The lowest BCUT2D eigenvalue weighted by molar-refractivity contribution is -0.141. The molecule has 0 radical (unpaired) electrons. The maximum Gasteiger partial charge on any atom is 0.435 e. The van der Waals surface area contributed by atoms with Gasteiger partial charge >= 0.3 is 6.18 Å². The van der Waals surface area contributed by atoms with Crippen LogP contribution < -0.4 is 5.32 Å². The minimum Gasteiger partial charge on any atom is -0.368 e. The molecule has 1 N–H and O–H groups in total. The van der Waals surface area contributed by atoms with Gasteiger partial charge in [-0.3, -0.25) is 4.68 Å². The van der Waals surface area contributed by atoms with Gasteiger partial charge in [0.2, 0.25) is 0 Å². The fraction of sp³-hybridized carbons (Fsp3) is 0.417. The summed E-state index contributed by atoms with van der Waals surface area (Å²) < 4.78 is 38.7. The summed E-state index contributed by atoms with van der Waals surface area (Å²) in [4.78, 5) is 0. The molecular weight excluding hydrogens is 271 g/mol. The third kappa shape index (κ3) is 3.25. The highest BCUT2D eigenvalue weighted by molar-refractivity contribution is 5.33. The maximum absolute atomic E-state index is 12.3. The lowest BCUT2D eigenvalue weighted by Crippen LogP contribution is -2.12. The van der Waals surface area contributed by atoms with Crippen LogP contribution in [0.15, 0.2) is 18.3 Å². The molecule has 5 nitrogen and oxygen atoms in total. The van der Waals surface area contributed by atoms with E-state index in [2.05, 4.69) is 20.6 Å². The summed E-state index contributed by atoms with van der Waals surface area (Å²) in [6, 6.07) is 2.18. The van der Waals surface area contributed by atoms with Crippen molar-refractivity contribution in [3.05, 3.63) is 35.3 Å². The molecule has 0 unspecified atom stereocenters. The molecule has 0 aliphatic rings. The van der Waals surface area contributed by atoms with Crippen molar-refractivity contribution in [1.82, 2.24) is 20.0 Å². The van der Waals surface area contributed by atoms with Crippen molar-refractivity contribution in [2.45, 2.75) is 19.5 Å². The Kier molecular flexibility index (Phi) is 3.91. The first-order valence-corrected chi connectivity index (χ1v) is 6.00. The average molecular weight is 285 g/mol. The Bertz CT molecular complexity index is 574. The zero-order chi connectivity index (χ0) is 14.8. The van der Waals surface area contributed by atoms with E-state index in [4.69, 9.17) is 0 Å². The van der Waals surface area contributed by atoms with E-state index in [9.17, 15) is 13.2 Å². The second-order valence-corrected chi connectivity index (χ2v) is 4.36. The van der Waals surface area contributed by atoms with Crippen LogP contribution in [0.25, 0.3) is 0 Å². The molecule has 20 heavy (non-hydrogen) atoms. The number of hydrogen-bond donors (Lipinski definition) is 1. The molecule has 0 fully saturated rings. The smallest absolute Gasteiger partial charge is 0.368 e. The first-order valence-electron chi connectivity index (χ1n) is 6.00. The summed E-state index contributed by atoms with van der Waals surface area (Å²) in [5.41, 5.74) is 1.15. The van der Waals surface area contributed by atoms with Crippen molar-refractivity contribution in [2.24, 2.45) is 7.05 Å². The predicted octanol–water partition coefficient (Wildman–Crippen LogP) is 2.19. The number of rotatable bonds is 4. The van der Waals surface area contributed by atoms with Gasteiger partial charge in [-0.2, -0.15) is 18.3 Å². The molecule has 2 aromatic rings. The normalized spacial score (nSPS) is 11.7. The first-order chi connectivity index (χ1) is 9.38. The second kappa shape index (κ2) is 5.48. The molecule has 0 aliphatic carbocycles. The van der Waals surface area contributed by atoms with Gasteiger partial charge in [0.15, 0.2) is 5.69 Å². The van der Waals surface area contributed by atoms with E-state index in [1.807, 2.05) is 14.0 Å². The molecule has 0 atom stereocenters. The van der Waals surface area contributed by atoms with Gasteiger partial charge in [-0.15, -0.1) is 10.2 Å². The first kappa shape index (κ1) is 14.3. The van der Waals surface area contributed by atoms with Crippen LogP contribution in [0.2, 0.25) is 0 Å². The molecule has 0 saturated heterocycles. The van der Waals surface area contributed by atoms with Crippen LogP contribution in [0.3, 0.4) is 0 Å². The number of aryl methyl sites for hydroxylation is 1. The van der Waals surface area contributed by atoms with Gasteiger partial charge in [0.05, 0.1) is 6.20 Å². The third-order valence-electron chi connectivity index (χ3n) is 2.99. The third-order valence-corrected chi connectivity index (χ3v) is 2.99. The van der Waals surface area contributed by atoms with Gasteiger partial charge in [0, 0.05) is 19.3 Å². The summed E-state index contributed by atoms with van der Waals surface area (Å²) in [7, 11) is 1.85. The van der Waals surface area contributed by atoms with E-state index >= 15 is 0 Å². The van der Waals surface area contributed by atoms with E-state index in [0.717, 1.165) is 17.3 Å². The fourth-order valence-corrected chi connectivity index (χ4v) is 1.69. The van der Waals surface area contributed by atoms with Crippen LogP contribution in [0, 0.1) is 6.92 Å². The number of nitrogens with zero attached hydrogens (tertiary/aromatic N) is 4. The standard InChI is InChI=1S/C12H14F3N5/c1-8-9(7-17-20(8)2)5-6-16-11-4-3-10(18-19-11)12(13,14)15/h3-4,7H,5-6H2,1-2H3,(H,16,19). The molecule has 0 aromatic carbocycles. The van der Waals surface area contributed by atoms with E-state index in [-0.39, 0.29) is 0 Å². The summed E-state index contributed by atoms with van der Waals surface area (Å²) in [5, 5.41) is 13.7. The van der Waals surface area contributed by atoms with E-state index in [1.165, 1.54) is 6.07 Å². The Hall–Kier alpha value is -2.12. The molecular formula is C12H14F3N5. The molecule has 2 rings (SSSR count). The van der Waals surface area contributed by atoms with Crippen LogP contribution in [0.4, 0.5) is 19.0 Å². The average Bonchev–Trinajstić information content (AvgIpc) is 2.70. The van der Waals surface area contributed by atoms with Crippen molar-refractivity contribution < 1.29 is 13.2 Å². The molecule has 2 aromatic heterocycles. The van der Waals surface area contributed by atoms with Crippen molar-refractivity contribution in [3.63, 3.8) is 0 Å². The SMILES string of the molecule is Cc1c(CCNc2ccc(C(F)(F)F)nn2)cnn1C. The molecule has 0 saturated carbocycles. The van der Waals surface area contributed by atoms with Crippen LogP contribution in [0.1, 0.15) is 17.0 Å². The largest absolute Gasteiger partial charge is 0.435 e. The number of alkyl halides is 3. The Balaban J connectivity index is 1.90. The van der Waals surface area contributed by atoms with Gasteiger partial charge in [0.25, 0.3) is 0 Å². The minimum atomic E-state index is -4.46. The van der Waals surface area contributed by atoms with Gasteiger partial charge in [0.1, 0.15) is 5.82 Å². The van der Waals surface area contributed by atoms with Crippen LogP contribution in [0.5, 0.6) is 0 Å². The van der Waals surface area contributed by atoms with E-state index in [0.29, 0.717) is 18.8 Å². The highest BCUT2D eigenvalue weighted by Crippen LogP contribution is 2.27. The summed E-state index contributed by atoms with van der Waals surface area (Å²) in [5.74, 6) is 0.319. The van der Waals surface area contributed by atoms with E-state index < -0.39 is 11.9 Å². The number of nitrogens with one attached hydrogen (secondary N) is 1. The second-order valence-electron chi connectivity index (χ2n) is 4.36. The molecule has 2 heterocycles. The van der Waals surface area contributed by atoms with Crippen molar-refractivity contribution in [2.75, 3.05) is 11.9 Å². The van der Waals surface area contributed by atoms with Crippen LogP contribution in [-0.2, 0) is 19.6 Å². The van der Waals surface area contributed by atoms with Crippen molar-refractivity contribution >= 4 is 5.82 Å². The topological polar surface area (TPSA) is 55.6 Å². The molecule has 108 valence electrons. The fourth-order valence-electron chi connectivity index (χ4n) is 1.69. The number of hydrogen-bond acceptors (Lipinski definition) is 4.